The van der Waals surface area contributed by atoms with Crippen molar-refractivity contribution in [1.82, 2.24) is 0 Å². The van der Waals surface area contributed by atoms with Crippen LogP contribution in [0.5, 0.6) is 0 Å². The van der Waals surface area contributed by atoms with Crippen molar-refractivity contribution < 1.29 is 19.1 Å². The third kappa shape index (κ3) is 4.42. The number of carbonyl (C=O) groups is 2. The lowest BCUT2D eigenvalue weighted by molar-refractivity contribution is -0.136. The minimum absolute atomic E-state index is 0.0736. The van der Waals surface area contributed by atoms with Crippen LogP contribution in [0.4, 0.5) is 10.1 Å². The maximum atomic E-state index is 13.5. The van der Waals surface area contributed by atoms with E-state index in [9.17, 15) is 14.0 Å². The van der Waals surface area contributed by atoms with Gasteiger partial charge in [0.1, 0.15) is 5.82 Å². The first kappa shape index (κ1) is 14.7. The Kier molecular flexibility index (Phi) is 4.66. The average Bonchev–Trinajstić information content (AvgIpc) is 2.41. The summed E-state index contributed by atoms with van der Waals surface area (Å²) in [5.74, 6) is -1.72. The van der Waals surface area contributed by atoms with Gasteiger partial charge < -0.3 is 10.4 Å². The second kappa shape index (κ2) is 6.65. The fourth-order valence-corrected chi connectivity index (χ4v) is 1.95. The van der Waals surface area contributed by atoms with E-state index < -0.39 is 11.8 Å². The van der Waals surface area contributed by atoms with Crippen molar-refractivity contribution in [3.63, 3.8) is 0 Å². The van der Waals surface area contributed by atoms with Gasteiger partial charge in [-0.3, -0.25) is 9.59 Å². The van der Waals surface area contributed by atoms with Crippen LogP contribution in [0.1, 0.15) is 11.1 Å². The van der Waals surface area contributed by atoms with Gasteiger partial charge in [0, 0.05) is 5.69 Å². The van der Waals surface area contributed by atoms with E-state index in [0.29, 0.717) is 16.8 Å². The molecule has 2 aromatic rings. The molecule has 0 saturated carbocycles. The molecular formula is C16H14FNO3. The van der Waals surface area contributed by atoms with Gasteiger partial charge in [0.05, 0.1) is 12.8 Å². The molecule has 2 rings (SSSR count). The number of benzene rings is 2. The average molecular weight is 287 g/mol. The lowest BCUT2D eigenvalue weighted by atomic mass is 10.1. The number of rotatable bonds is 5. The van der Waals surface area contributed by atoms with Crippen molar-refractivity contribution >= 4 is 17.6 Å². The smallest absolute Gasteiger partial charge is 0.307 e. The number of aliphatic carboxylic acids is 1. The van der Waals surface area contributed by atoms with Crippen LogP contribution in [-0.2, 0) is 22.4 Å². The molecule has 0 fully saturated rings. The van der Waals surface area contributed by atoms with Gasteiger partial charge in [0.25, 0.3) is 0 Å². The summed E-state index contributed by atoms with van der Waals surface area (Å²) in [5.41, 5.74) is 1.40. The number of hydrogen-bond donors (Lipinski definition) is 2. The predicted octanol–water partition coefficient (Wildman–Crippen LogP) is 2.63. The van der Waals surface area contributed by atoms with Crippen LogP contribution >= 0.6 is 0 Å². The van der Waals surface area contributed by atoms with Gasteiger partial charge >= 0.3 is 5.97 Å². The summed E-state index contributed by atoms with van der Waals surface area (Å²) in [4.78, 5) is 22.5. The number of hydrogen-bond acceptors (Lipinski definition) is 2. The SMILES string of the molecule is O=C(O)Cc1cccc(NC(=O)Cc2ccccc2F)c1. The van der Waals surface area contributed by atoms with E-state index in [2.05, 4.69) is 5.32 Å². The van der Waals surface area contributed by atoms with Crippen LogP contribution in [0, 0.1) is 5.82 Å². The molecule has 21 heavy (non-hydrogen) atoms. The Morgan fingerprint density at radius 1 is 1.05 bits per heavy atom. The van der Waals surface area contributed by atoms with Crippen molar-refractivity contribution in [3.05, 3.63) is 65.5 Å². The highest BCUT2D eigenvalue weighted by Crippen LogP contribution is 2.13. The minimum atomic E-state index is -0.940. The molecule has 0 radical (unpaired) electrons. The Hall–Kier alpha value is -2.69. The molecule has 0 aromatic heterocycles. The summed E-state index contributed by atoms with van der Waals surface area (Å²) < 4.78 is 13.5. The first-order chi connectivity index (χ1) is 10.0. The predicted molar refractivity (Wildman–Crippen MR) is 76.5 cm³/mol. The molecule has 0 saturated heterocycles. The van der Waals surface area contributed by atoms with Crippen molar-refractivity contribution in [3.8, 4) is 0 Å². The molecule has 0 atom stereocenters. The van der Waals surface area contributed by atoms with Gasteiger partial charge in [-0.1, -0.05) is 30.3 Å². The second-order valence-electron chi connectivity index (χ2n) is 4.59. The zero-order chi connectivity index (χ0) is 15.2. The highest BCUT2D eigenvalue weighted by molar-refractivity contribution is 5.92. The number of amides is 1. The molecule has 2 N–H and O–H groups in total. The molecule has 0 spiro atoms. The molecule has 0 heterocycles. The van der Waals surface area contributed by atoms with Crippen molar-refractivity contribution in [2.24, 2.45) is 0 Å². The molecule has 4 nitrogen and oxygen atoms in total. The van der Waals surface area contributed by atoms with Gasteiger partial charge in [0.2, 0.25) is 5.91 Å². The van der Waals surface area contributed by atoms with Crippen LogP contribution in [0.3, 0.4) is 0 Å². The molecular weight excluding hydrogens is 273 g/mol. The quantitative estimate of drug-likeness (QED) is 0.888. The van der Waals surface area contributed by atoms with E-state index in [1.54, 1.807) is 42.5 Å². The van der Waals surface area contributed by atoms with Crippen molar-refractivity contribution in [2.75, 3.05) is 5.32 Å². The molecule has 0 aliphatic rings. The zero-order valence-corrected chi connectivity index (χ0v) is 11.2. The Labute approximate surface area is 121 Å². The molecule has 108 valence electrons. The van der Waals surface area contributed by atoms with Crippen molar-refractivity contribution in [2.45, 2.75) is 12.8 Å². The number of carboxylic acids is 1. The molecule has 0 bridgehead atoms. The minimum Gasteiger partial charge on any atom is -0.481 e. The summed E-state index contributed by atoms with van der Waals surface area (Å²) in [6.45, 7) is 0. The van der Waals surface area contributed by atoms with E-state index in [4.69, 9.17) is 5.11 Å². The van der Waals surface area contributed by atoms with E-state index in [0.717, 1.165) is 0 Å². The fraction of sp³-hybridized carbons (Fsp3) is 0.125. The first-order valence-corrected chi connectivity index (χ1v) is 6.38. The van der Waals surface area contributed by atoms with Crippen molar-refractivity contribution in [1.29, 1.82) is 0 Å². The lowest BCUT2D eigenvalue weighted by Crippen LogP contribution is -2.15. The van der Waals surface area contributed by atoms with Gasteiger partial charge in [0.15, 0.2) is 0 Å². The van der Waals surface area contributed by atoms with Gasteiger partial charge in [-0.25, -0.2) is 4.39 Å². The van der Waals surface area contributed by atoms with Crippen LogP contribution in [0.25, 0.3) is 0 Å². The largest absolute Gasteiger partial charge is 0.481 e. The first-order valence-electron chi connectivity index (χ1n) is 6.38. The monoisotopic (exact) mass is 287 g/mol. The third-order valence-corrected chi connectivity index (χ3v) is 2.87. The fourth-order valence-electron chi connectivity index (χ4n) is 1.95. The highest BCUT2D eigenvalue weighted by Gasteiger charge is 2.08. The van der Waals surface area contributed by atoms with Gasteiger partial charge in [-0.05, 0) is 29.3 Å². The van der Waals surface area contributed by atoms with E-state index in [1.165, 1.54) is 6.07 Å². The Morgan fingerprint density at radius 3 is 2.52 bits per heavy atom. The standard InChI is InChI=1S/C16H14FNO3/c17-14-7-2-1-5-12(14)10-15(19)18-13-6-3-4-11(8-13)9-16(20)21/h1-8H,9-10H2,(H,18,19)(H,20,21). The topological polar surface area (TPSA) is 66.4 Å². The van der Waals surface area contributed by atoms with Gasteiger partial charge in [-0.2, -0.15) is 0 Å². The maximum absolute atomic E-state index is 13.5. The summed E-state index contributed by atoms with van der Waals surface area (Å²) in [5, 5.41) is 11.4. The van der Waals surface area contributed by atoms with E-state index in [1.807, 2.05) is 0 Å². The summed E-state index contributed by atoms with van der Waals surface area (Å²) in [6.07, 6.45) is -0.188. The molecule has 0 aliphatic heterocycles. The lowest BCUT2D eigenvalue weighted by Gasteiger charge is -2.07. The third-order valence-electron chi connectivity index (χ3n) is 2.87. The Balaban J connectivity index is 2.03. The number of halogens is 1. The van der Waals surface area contributed by atoms with E-state index >= 15 is 0 Å². The maximum Gasteiger partial charge on any atom is 0.307 e. The second-order valence-corrected chi connectivity index (χ2v) is 4.59. The number of nitrogens with one attached hydrogen (secondary N) is 1. The molecule has 2 aromatic carbocycles. The molecule has 0 aliphatic carbocycles. The highest BCUT2D eigenvalue weighted by atomic mass is 19.1. The van der Waals surface area contributed by atoms with Crippen LogP contribution in [0.15, 0.2) is 48.5 Å². The summed E-state index contributed by atoms with van der Waals surface area (Å²) in [7, 11) is 0. The molecule has 1 amide bonds. The van der Waals surface area contributed by atoms with Crippen LogP contribution < -0.4 is 5.32 Å². The Morgan fingerprint density at radius 2 is 1.81 bits per heavy atom. The Bertz CT molecular complexity index is 670. The van der Waals surface area contributed by atoms with E-state index in [-0.39, 0.29) is 18.7 Å². The molecule has 0 unspecified atom stereocenters. The zero-order valence-electron chi connectivity index (χ0n) is 11.2. The number of carboxylic acid groups (broad SMARTS) is 1. The number of anilines is 1. The van der Waals surface area contributed by atoms with Crippen LogP contribution in [-0.4, -0.2) is 17.0 Å². The number of carbonyl (C=O) groups excluding carboxylic acids is 1. The van der Waals surface area contributed by atoms with Crippen LogP contribution in [0.2, 0.25) is 0 Å². The van der Waals surface area contributed by atoms with Gasteiger partial charge in [-0.15, -0.1) is 0 Å². The summed E-state index contributed by atoms with van der Waals surface area (Å²) >= 11 is 0. The normalized spacial score (nSPS) is 10.1. The summed E-state index contributed by atoms with van der Waals surface area (Å²) in [6, 6.07) is 12.7. The molecule has 5 heteroatoms.